The van der Waals surface area contributed by atoms with Gasteiger partial charge in [0.2, 0.25) is 0 Å². The maximum absolute atomic E-state index is 6.18. The van der Waals surface area contributed by atoms with Gasteiger partial charge >= 0.3 is 7.12 Å². The molecule has 0 aromatic heterocycles. The van der Waals surface area contributed by atoms with Crippen LogP contribution in [0.2, 0.25) is 0 Å². The standard InChI is InChI=1S/C48H36N2.C24H26BNO2.C12H8Br2.CH4/c1-6-17-39(18-7-1)48-46(37-29-33-44(34-30-37)49(40-19-8-2-9-20-40)41-21-10-3-11-22-41)27-16-28-47(48)38-31-35-45(36-32-38)50(42-23-12-4-13-24-42)43-25-14-5-15-26-43;1-23(2)24(3,4)28-25(27-23)19-15-17-22(18-16-19)26(20-11-7-5-8-12-20)21-13-9-6-10-14-21;13-10-7-4-8-11(14)12(10)9-5-2-1-3-6-9;/h1-36H;5-18H,1-4H3;1-8H;1H4. The van der Waals surface area contributed by atoms with E-state index in [1.165, 1.54) is 44.5 Å². The van der Waals surface area contributed by atoms with E-state index in [-0.39, 0.29) is 25.7 Å². The molecule has 1 saturated heterocycles. The fourth-order valence-corrected chi connectivity index (χ4v) is 12.9. The average Bonchev–Trinajstić information content (AvgIpc) is 1.82. The molecule has 0 bridgehead atoms. The highest BCUT2D eigenvalue weighted by Gasteiger charge is 2.51. The smallest absolute Gasteiger partial charge is 0.399 e. The fourth-order valence-electron chi connectivity index (χ4n) is 11.5. The summed E-state index contributed by atoms with van der Waals surface area (Å²) in [5.74, 6) is 0. The molecule has 0 amide bonds. The van der Waals surface area contributed by atoms with Gasteiger partial charge in [-0.1, -0.05) is 270 Å². The first-order valence-electron chi connectivity index (χ1n) is 31.0. The summed E-state index contributed by atoms with van der Waals surface area (Å²) in [7, 11) is -0.346. The number of halogens is 2. The second-order valence-electron chi connectivity index (χ2n) is 23.3. The molecule has 0 radical (unpaired) electrons. The van der Waals surface area contributed by atoms with Crippen LogP contribution in [0.15, 0.2) is 361 Å². The zero-order valence-corrected chi connectivity index (χ0v) is 55.1. The van der Waals surface area contributed by atoms with Gasteiger partial charge in [-0.2, -0.15) is 0 Å². The van der Waals surface area contributed by atoms with Crippen LogP contribution in [0.4, 0.5) is 51.2 Å². The van der Waals surface area contributed by atoms with E-state index in [1.54, 1.807) is 0 Å². The molecule has 93 heavy (non-hydrogen) atoms. The Bertz CT molecular complexity index is 4140. The molecule has 0 N–H and O–H groups in total. The number of anilines is 9. The van der Waals surface area contributed by atoms with E-state index >= 15 is 0 Å². The summed E-state index contributed by atoms with van der Waals surface area (Å²) in [6.07, 6.45) is 0. The summed E-state index contributed by atoms with van der Waals surface area (Å²) < 4.78 is 14.6. The Morgan fingerprint density at radius 2 is 0.484 bits per heavy atom. The second-order valence-corrected chi connectivity index (χ2v) is 25.1. The maximum atomic E-state index is 6.18. The van der Waals surface area contributed by atoms with Crippen molar-refractivity contribution in [3.63, 3.8) is 0 Å². The van der Waals surface area contributed by atoms with E-state index < -0.39 is 0 Å². The number of rotatable bonds is 14. The molecule has 13 aromatic rings. The minimum atomic E-state index is -0.346. The minimum Gasteiger partial charge on any atom is -0.399 e. The molecule has 5 nitrogen and oxygen atoms in total. The zero-order valence-electron chi connectivity index (χ0n) is 52.0. The van der Waals surface area contributed by atoms with Crippen LogP contribution in [-0.2, 0) is 9.31 Å². The van der Waals surface area contributed by atoms with Crippen molar-refractivity contribution in [2.75, 3.05) is 14.7 Å². The Balaban J connectivity index is 0.000000171. The fraction of sp³-hybridized carbons (Fsp3) is 0.0824. The summed E-state index contributed by atoms with van der Waals surface area (Å²) in [6.45, 7) is 8.31. The van der Waals surface area contributed by atoms with Gasteiger partial charge in [-0.05, 0) is 193 Å². The van der Waals surface area contributed by atoms with Crippen LogP contribution in [0.1, 0.15) is 35.1 Å². The third-order valence-corrected chi connectivity index (χ3v) is 18.1. The normalized spacial score (nSPS) is 12.6. The predicted octanol–water partition coefficient (Wildman–Crippen LogP) is 24.6. The molecule has 0 spiro atoms. The Hall–Kier alpha value is -9.80. The van der Waals surface area contributed by atoms with Crippen LogP contribution in [0.25, 0.3) is 44.5 Å². The highest BCUT2D eigenvalue weighted by atomic mass is 79.9. The van der Waals surface area contributed by atoms with Gasteiger partial charge < -0.3 is 24.0 Å². The van der Waals surface area contributed by atoms with Crippen molar-refractivity contribution in [2.45, 2.75) is 46.3 Å². The molecule has 0 atom stereocenters. The van der Waals surface area contributed by atoms with Crippen molar-refractivity contribution in [3.8, 4) is 44.5 Å². The first kappa shape index (κ1) is 64.7. The SMILES string of the molecule is Brc1cccc(Br)c1-c1ccccc1.C.CC1(C)OB(c2ccc(N(c3ccccc3)c3ccccc3)cc2)OC1(C)C.c1ccc(-c2c(-c3ccc(N(c4ccccc4)c4ccccc4)cc3)cccc2-c2ccc(N(c3ccccc3)c3ccccc3)cc2)cc1. The lowest BCUT2D eigenvalue weighted by atomic mass is 9.79. The number of para-hydroxylation sites is 6. The molecule has 0 aliphatic carbocycles. The van der Waals surface area contributed by atoms with Crippen molar-refractivity contribution in [1.29, 1.82) is 0 Å². The van der Waals surface area contributed by atoms with Crippen LogP contribution in [0, 0.1) is 0 Å². The van der Waals surface area contributed by atoms with Crippen molar-refractivity contribution in [1.82, 2.24) is 0 Å². The van der Waals surface area contributed by atoms with Gasteiger partial charge in [0.1, 0.15) is 0 Å². The van der Waals surface area contributed by atoms with Gasteiger partial charge in [-0.15, -0.1) is 0 Å². The minimum absolute atomic E-state index is 0. The molecule has 0 saturated carbocycles. The maximum Gasteiger partial charge on any atom is 0.494 e. The van der Waals surface area contributed by atoms with Gasteiger partial charge in [0.15, 0.2) is 0 Å². The zero-order chi connectivity index (χ0) is 63.3. The highest BCUT2D eigenvalue weighted by Crippen LogP contribution is 2.44. The van der Waals surface area contributed by atoms with Gasteiger partial charge in [0.25, 0.3) is 0 Å². The lowest BCUT2D eigenvalue weighted by molar-refractivity contribution is 0.00578. The molecule has 1 aliphatic rings. The van der Waals surface area contributed by atoms with E-state index in [1.807, 2.05) is 48.5 Å². The van der Waals surface area contributed by atoms with Gasteiger partial charge in [-0.3, -0.25) is 0 Å². The van der Waals surface area contributed by atoms with E-state index in [0.717, 1.165) is 65.6 Å². The van der Waals surface area contributed by atoms with E-state index in [2.05, 4.69) is 378 Å². The Kier molecular flexibility index (Phi) is 20.9. The quantitative estimate of drug-likeness (QED) is 0.101. The number of nitrogens with zero attached hydrogens (tertiary/aromatic N) is 3. The summed E-state index contributed by atoms with van der Waals surface area (Å²) in [6, 6.07) is 123. The Morgan fingerprint density at radius 1 is 0.247 bits per heavy atom. The third kappa shape index (κ3) is 15.1. The van der Waals surface area contributed by atoms with Crippen molar-refractivity contribution in [2.24, 2.45) is 0 Å². The van der Waals surface area contributed by atoms with Crippen LogP contribution in [-0.4, -0.2) is 18.3 Å². The summed E-state index contributed by atoms with van der Waals surface area (Å²) >= 11 is 7.11. The molecule has 1 aliphatic heterocycles. The lowest BCUT2D eigenvalue weighted by Crippen LogP contribution is -2.41. The van der Waals surface area contributed by atoms with Gasteiger partial charge in [0, 0.05) is 65.7 Å². The monoisotopic (exact) mass is 1340 g/mol. The Morgan fingerprint density at radius 3 is 0.774 bits per heavy atom. The molecule has 1 heterocycles. The van der Waals surface area contributed by atoms with Crippen LogP contribution < -0.4 is 20.2 Å². The highest BCUT2D eigenvalue weighted by molar-refractivity contribution is 9.11. The first-order chi connectivity index (χ1) is 45.0. The predicted molar refractivity (Wildman–Crippen MR) is 403 cm³/mol. The van der Waals surface area contributed by atoms with Crippen LogP contribution in [0.3, 0.4) is 0 Å². The second kappa shape index (κ2) is 30.1. The molecule has 1 fully saturated rings. The van der Waals surface area contributed by atoms with E-state index in [9.17, 15) is 0 Å². The molecule has 14 rings (SSSR count). The van der Waals surface area contributed by atoms with Gasteiger partial charge in [0.05, 0.1) is 11.2 Å². The van der Waals surface area contributed by atoms with Crippen molar-refractivity contribution >= 4 is 95.6 Å². The summed E-state index contributed by atoms with van der Waals surface area (Å²) in [4.78, 5) is 6.84. The molecule has 8 heteroatoms. The number of hydrogen-bond acceptors (Lipinski definition) is 5. The summed E-state index contributed by atoms with van der Waals surface area (Å²) in [5, 5.41) is 0. The molecular formula is C85H74BBr2N3O2. The van der Waals surface area contributed by atoms with E-state index in [4.69, 9.17) is 9.31 Å². The van der Waals surface area contributed by atoms with Crippen LogP contribution >= 0.6 is 31.9 Å². The molecular weight excluding hydrogens is 1270 g/mol. The topological polar surface area (TPSA) is 28.2 Å². The molecule has 458 valence electrons. The van der Waals surface area contributed by atoms with Gasteiger partial charge in [-0.25, -0.2) is 0 Å². The first-order valence-corrected chi connectivity index (χ1v) is 32.6. The van der Waals surface area contributed by atoms with Crippen LogP contribution in [0.5, 0.6) is 0 Å². The average molecular weight is 1340 g/mol. The van der Waals surface area contributed by atoms with Crippen molar-refractivity contribution < 1.29 is 9.31 Å². The molecule has 13 aromatic carbocycles. The summed E-state index contributed by atoms with van der Waals surface area (Å²) in [5.41, 5.74) is 20.0. The third-order valence-electron chi connectivity index (χ3n) is 16.8. The largest absolute Gasteiger partial charge is 0.494 e. The number of benzene rings is 13. The lowest BCUT2D eigenvalue weighted by Gasteiger charge is -2.32. The van der Waals surface area contributed by atoms with E-state index in [0.29, 0.717) is 0 Å². The Labute approximate surface area is 567 Å². The molecule has 0 unspecified atom stereocenters. The number of hydrogen-bond donors (Lipinski definition) is 0. The van der Waals surface area contributed by atoms with Crippen molar-refractivity contribution in [3.05, 3.63) is 361 Å².